The van der Waals surface area contributed by atoms with Crippen molar-refractivity contribution in [3.63, 3.8) is 0 Å². The Balaban J connectivity index is 1.81. The van der Waals surface area contributed by atoms with Crippen molar-refractivity contribution >= 4 is 6.08 Å². The van der Waals surface area contributed by atoms with Gasteiger partial charge in [0.2, 0.25) is 0 Å². The summed E-state index contributed by atoms with van der Waals surface area (Å²) in [5.41, 5.74) is 5.75. The van der Waals surface area contributed by atoms with Crippen LogP contribution in [0.5, 0.6) is 0 Å². The first-order valence-electron chi connectivity index (χ1n) is 8.94. The second kappa shape index (κ2) is 8.44. The third-order valence-electron chi connectivity index (χ3n) is 4.55. The molecule has 3 aromatic rings. The standard InChI is InChI=1S/C25H23F/c1-3-5-6-7-20-10-14-22(15-11-20)24-17-16-23(18-25(24)26)21-12-8-19(4-2)9-13-21/h3-5,8-18H,2,6-7H2,1H3. The molecule has 0 amide bonds. The molecule has 0 atom stereocenters. The van der Waals surface area contributed by atoms with Gasteiger partial charge >= 0.3 is 0 Å². The Morgan fingerprint density at radius 3 is 2.12 bits per heavy atom. The van der Waals surface area contributed by atoms with E-state index in [2.05, 4.69) is 30.9 Å². The van der Waals surface area contributed by atoms with Gasteiger partial charge in [-0.15, -0.1) is 0 Å². The van der Waals surface area contributed by atoms with Gasteiger partial charge < -0.3 is 0 Å². The number of rotatable bonds is 6. The first-order chi connectivity index (χ1) is 12.7. The Morgan fingerprint density at radius 2 is 1.50 bits per heavy atom. The van der Waals surface area contributed by atoms with Gasteiger partial charge in [0.05, 0.1) is 0 Å². The Hall–Kier alpha value is -2.93. The van der Waals surface area contributed by atoms with Crippen molar-refractivity contribution in [2.75, 3.05) is 0 Å². The summed E-state index contributed by atoms with van der Waals surface area (Å²) >= 11 is 0. The highest BCUT2D eigenvalue weighted by Gasteiger charge is 2.07. The molecule has 3 aromatic carbocycles. The number of benzene rings is 3. The van der Waals surface area contributed by atoms with Crippen LogP contribution in [0.1, 0.15) is 24.5 Å². The van der Waals surface area contributed by atoms with E-state index in [1.165, 1.54) is 5.56 Å². The molecular weight excluding hydrogens is 319 g/mol. The van der Waals surface area contributed by atoms with Gasteiger partial charge in [0.15, 0.2) is 0 Å². The summed E-state index contributed by atoms with van der Waals surface area (Å²) in [4.78, 5) is 0. The van der Waals surface area contributed by atoms with Crippen LogP contribution < -0.4 is 0 Å². The van der Waals surface area contributed by atoms with Crippen molar-refractivity contribution in [2.24, 2.45) is 0 Å². The zero-order valence-corrected chi connectivity index (χ0v) is 15.1. The van der Waals surface area contributed by atoms with E-state index in [1.54, 1.807) is 12.1 Å². The topological polar surface area (TPSA) is 0 Å². The third kappa shape index (κ3) is 4.18. The van der Waals surface area contributed by atoms with E-state index in [0.717, 1.165) is 35.1 Å². The minimum absolute atomic E-state index is 0.197. The summed E-state index contributed by atoms with van der Waals surface area (Å²) < 4.78 is 14.7. The van der Waals surface area contributed by atoms with Crippen molar-refractivity contribution < 1.29 is 4.39 Å². The molecule has 0 radical (unpaired) electrons. The molecule has 0 bridgehead atoms. The summed E-state index contributed by atoms with van der Waals surface area (Å²) in [5, 5.41) is 0. The van der Waals surface area contributed by atoms with Gasteiger partial charge in [-0.05, 0) is 53.6 Å². The zero-order chi connectivity index (χ0) is 18.4. The van der Waals surface area contributed by atoms with Gasteiger partial charge in [-0.1, -0.05) is 85.5 Å². The van der Waals surface area contributed by atoms with Crippen LogP contribution in [0.2, 0.25) is 0 Å². The summed E-state index contributed by atoms with van der Waals surface area (Å²) in [6.07, 6.45) is 8.07. The van der Waals surface area contributed by atoms with Gasteiger partial charge in [-0.3, -0.25) is 0 Å². The fourth-order valence-electron chi connectivity index (χ4n) is 3.01. The van der Waals surface area contributed by atoms with E-state index in [1.807, 2.05) is 55.5 Å². The number of allylic oxidation sites excluding steroid dienone is 2. The Labute approximate surface area is 155 Å². The minimum atomic E-state index is -0.197. The van der Waals surface area contributed by atoms with Crippen molar-refractivity contribution in [2.45, 2.75) is 19.8 Å². The van der Waals surface area contributed by atoms with E-state index in [-0.39, 0.29) is 5.82 Å². The minimum Gasteiger partial charge on any atom is -0.206 e. The fourth-order valence-corrected chi connectivity index (χ4v) is 3.01. The molecule has 0 saturated carbocycles. The first kappa shape index (κ1) is 17.9. The van der Waals surface area contributed by atoms with E-state index >= 15 is 0 Å². The average molecular weight is 342 g/mol. The van der Waals surface area contributed by atoms with Gasteiger partial charge in [0.1, 0.15) is 5.82 Å². The van der Waals surface area contributed by atoms with Crippen molar-refractivity contribution in [3.05, 3.63) is 102 Å². The predicted octanol–water partition coefficient (Wildman–Crippen LogP) is 7.31. The number of hydrogen-bond acceptors (Lipinski definition) is 0. The van der Waals surface area contributed by atoms with Crippen LogP contribution in [0, 0.1) is 5.82 Å². The molecule has 3 rings (SSSR count). The highest BCUT2D eigenvalue weighted by molar-refractivity contribution is 5.71. The molecule has 0 spiro atoms. The highest BCUT2D eigenvalue weighted by atomic mass is 19.1. The van der Waals surface area contributed by atoms with E-state index in [0.29, 0.717) is 5.56 Å². The molecule has 0 aliphatic heterocycles. The molecule has 0 saturated heterocycles. The molecule has 0 N–H and O–H groups in total. The van der Waals surface area contributed by atoms with Crippen LogP contribution in [-0.2, 0) is 6.42 Å². The molecule has 0 unspecified atom stereocenters. The van der Waals surface area contributed by atoms with Crippen LogP contribution in [0.25, 0.3) is 28.3 Å². The van der Waals surface area contributed by atoms with E-state index < -0.39 is 0 Å². The van der Waals surface area contributed by atoms with Gasteiger partial charge in [0.25, 0.3) is 0 Å². The number of aryl methyl sites for hydroxylation is 1. The molecule has 0 aromatic heterocycles. The molecule has 0 nitrogen and oxygen atoms in total. The maximum absolute atomic E-state index is 14.7. The highest BCUT2D eigenvalue weighted by Crippen LogP contribution is 2.28. The lowest BCUT2D eigenvalue weighted by Gasteiger charge is -2.08. The SMILES string of the molecule is C=Cc1ccc(-c2ccc(-c3ccc(CCC=CC)cc3)c(F)c2)cc1. The lowest BCUT2D eigenvalue weighted by Crippen LogP contribution is -1.88. The van der Waals surface area contributed by atoms with Crippen LogP contribution in [0.15, 0.2) is 85.5 Å². The third-order valence-corrected chi connectivity index (χ3v) is 4.55. The van der Waals surface area contributed by atoms with Crippen LogP contribution in [-0.4, -0.2) is 0 Å². The molecule has 1 heteroatoms. The second-order valence-electron chi connectivity index (χ2n) is 6.33. The molecule has 0 fully saturated rings. The quantitative estimate of drug-likeness (QED) is 0.412. The van der Waals surface area contributed by atoms with Crippen LogP contribution >= 0.6 is 0 Å². The summed E-state index contributed by atoms with van der Waals surface area (Å²) in [5.74, 6) is -0.197. The molecule has 0 aliphatic carbocycles. The van der Waals surface area contributed by atoms with Crippen LogP contribution in [0.4, 0.5) is 4.39 Å². The molecule has 0 aliphatic rings. The summed E-state index contributed by atoms with van der Waals surface area (Å²) in [6, 6.07) is 21.6. The monoisotopic (exact) mass is 342 g/mol. The maximum Gasteiger partial charge on any atom is 0.131 e. The van der Waals surface area contributed by atoms with Crippen molar-refractivity contribution in [1.29, 1.82) is 0 Å². The first-order valence-corrected chi connectivity index (χ1v) is 8.94. The Kier molecular flexibility index (Phi) is 5.80. The lowest BCUT2D eigenvalue weighted by atomic mass is 9.98. The average Bonchev–Trinajstić information content (AvgIpc) is 2.69. The van der Waals surface area contributed by atoms with Crippen molar-refractivity contribution in [1.82, 2.24) is 0 Å². The number of halogens is 1. The molecular formula is C25H23F. The van der Waals surface area contributed by atoms with Crippen molar-refractivity contribution in [3.8, 4) is 22.3 Å². The summed E-state index contributed by atoms with van der Waals surface area (Å²) in [7, 11) is 0. The number of hydrogen-bond donors (Lipinski definition) is 0. The summed E-state index contributed by atoms with van der Waals surface area (Å²) in [6.45, 7) is 5.79. The van der Waals surface area contributed by atoms with E-state index in [9.17, 15) is 4.39 Å². The lowest BCUT2D eigenvalue weighted by molar-refractivity contribution is 0.632. The van der Waals surface area contributed by atoms with Gasteiger partial charge in [0, 0.05) is 5.56 Å². The Morgan fingerprint density at radius 1 is 0.846 bits per heavy atom. The van der Waals surface area contributed by atoms with Crippen LogP contribution in [0.3, 0.4) is 0 Å². The smallest absolute Gasteiger partial charge is 0.131 e. The van der Waals surface area contributed by atoms with E-state index in [4.69, 9.17) is 0 Å². The fraction of sp³-hybridized carbons (Fsp3) is 0.120. The molecule has 26 heavy (non-hydrogen) atoms. The normalized spacial score (nSPS) is 11.0. The van der Waals surface area contributed by atoms with Gasteiger partial charge in [-0.25, -0.2) is 4.39 Å². The van der Waals surface area contributed by atoms with Gasteiger partial charge in [-0.2, -0.15) is 0 Å². The maximum atomic E-state index is 14.7. The predicted molar refractivity (Wildman–Crippen MR) is 110 cm³/mol. The molecule has 130 valence electrons. The molecule has 0 heterocycles. The Bertz CT molecular complexity index is 900. The second-order valence-corrected chi connectivity index (χ2v) is 6.33. The zero-order valence-electron chi connectivity index (χ0n) is 15.1. The largest absolute Gasteiger partial charge is 0.206 e.